The van der Waals surface area contributed by atoms with E-state index in [1.165, 1.54) is 0 Å². The van der Waals surface area contributed by atoms with Crippen molar-refractivity contribution in [3.05, 3.63) is 0 Å². The number of rotatable bonds is 6. The van der Waals surface area contributed by atoms with E-state index in [4.69, 9.17) is 18.0 Å². The highest BCUT2D eigenvalue weighted by atomic mass is 32.1. The second kappa shape index (κ2) is 5.87. The monoisotopic (exact) mass is 230 g/mol. The van der Waals surface area contributed by atoms with Crippen LogP contribution in [0.5, 0.6) is 0 Å². The maximum atomic E-state index is 11.2. The second-order valence-corrected chi connectivity index (χ2v) is 4.26. The van der Waals surface area contributed by atoms with Gasteiger partial charge in [0, 0.05) is 39.1 Å². The van der Waals surface area contributed by atoms with E-state index < -0.39 is 0 Å². The summed E-state index contributed by atoms with van der Waals surface area (Å²) in [5.41, 5.74) is 5.41. The first-order chi connectivity index (χ1) is 7.09. The number of thiocarbonyl (C=S) groups is 1. The first-order valence-electron chi connectivity index (χ1n) is 5.09. The van der Waals surface area contributed by atoms with Crippen molar-refractivity contribution < 1.29 is 4.79 Å². The predicted molar refractivity (Wildman–Crippen MR) is 63.9 cm³/mol. The number of nitrogens with zero attached hydrogens (tertiary/aromatic N) is 2. The fourth-order valence-electron chi connectivity index (χ4n) is 1.43. The summed E-state index contributed by atoms with van der Waals surface area (Å²) in [6.45, 7) is 4.04. The lowest BCUT2D eigenvalue weighted by atomic mass is 10.4. The normalized spacial score (nSPS) is 15.9. The second-order valence-electron chi connectivity index (χ2n) is 3.74. The molecule has 0 bridgehead atoms. The Morgan fingerprint density at radius 3 is 2.93 bits per heavy atom. The zero-order chi connectivity index (χ0) is 11.3. The molecule has 0 saturated carbocycles. The zero-order valence-corrected chi connectivity index (χ0v) is 9.85. The summed E-state index contributed by atoms with van der Waals surface area (Å²) < 4.78 is 0. The highest BCUT2D eigenvalue weighted by molar-refractivity contribution is 7.80. The van der Waals surface area contributed by atoms with Gasteiger partial charge < -0.3 is 20.9 Å². The molecule has 1 heterocycles. The largest absolute Gasteiger partial charge is 0.393 e. The molecule has 2 amide bonds. The highest BCUT2D eigenvalue weighted by Crippen LogP contribution is 1.97. The topological polar surface area (TPSA) is 61.6 Å². The molecule has 0 aromatic heterocycles. The van der Waals surface area contributed by atoms with Crippen molar-refractivity contribution in [2.45, 2.75) is 6.42 Å². The van der Waals surface area contributed by atoms with Gasteiger partial charge in [0.25, 0.3) is 0 Å². The van der Waals surface area contributed by atoms with Crippen LogP contribution < -0.4 is 11.1 Å². The Balaban J connectivity index is 2.13. The summed E-state index contributed by atoms with van der Waals surface area (Å²) in [7, 11) is 2.01. The first kappa shape index (κ1) is 12.2. The molecule has 0 unspecified atom stereocenters. The molecule has 0 spiro atoms. The standard InChI is InChI=1S/C9H18N4OS/c1-12(4-2-8(10)15)6-7-13-5-3-11-9(13)14/h2-7H2,1H3,(H2,10,15)(H,11,14). The molecule has 1 fully saturated rings. The average molecular weight is 230 g/mol. The number of urea groups is 1. The summed E-state index contributed by atoms with van der Waals surface area (Å²) >= 11 is 4.80. The van der Waals surface area contributed by atoms with Crippen molar-refractivity contribution in [3.8, 4) is 0 Å². The van der Waals surface area contributed by atoms with Crippen LogP contribution in [-0.4, -0.2) is 60.6 Å². The Morgan fingerprint density at radius 1 is 1.67 bits per heavy atom. The molecular weight excluding hydrogens is 212 g/mol. The zero-order valence-electron chi connectivity index (χ0n) is 9.03. The Morgan fingerprint density at radius 2 is 2.40 bits per heavy atom. The Labute approximate surface area is 95.6 Å². The number of nitrogens with two attached hydrogens (primary N) is 1. The minimum absolute atomic E-state index is 0.0396. The molecule has 0 aromatic carbocycles. The van der Waals surface area contributed by atoms with Gasteiger partial charge in [-0.05, 0) is 7.05 Å². The number of likely N-dealkylation sites (N-methyl/N-ethyl adjacent to an activating group) is 1. The van der Waals surface area contributed by atoms with Gasteiger partial charge in [-0.1, -0.05) is 12.2 Å². The summed E-state index contributed by atoms with van der Waals surface area (Å²) in [6.07, 6.45) is 0.734. The number of amides is 2. The van der Waals surface area contributed by atoms with Crippen molar-refractivity contribution in [3.63, 3.8) is 0 Å². The molecule has 0 aliphatic carbocycles. The molecule has 15 heavy (non-hydrogen) atoms. The van der Waals surface area contributed by atoms with E-state index in [0.29, 0.717) is 4.99 Å². The number of carbonyl (C=O) groups is 1. The molecule has 1 aliphatic rings. The number of nitrogens with one attached hydrogen (secondary N) is 1. The first-order valence-corrected chi connectivity index (χ1v) is 5.50. The smallest absolute Gasteiger partial charge is 0.317 e. The van der Waals surface area contributed by atoms with E-state index >= 15 is 0 Å². The van der Waals surface area contributed by atoms with E-state index in [9.17, 15) is 4.79 Å². The van der Waals surface area contributed by atoms with Crippen molar-refractivity contribution in [2.24, 2.45) is 5.73 Å². The molecule has 0 aromatic rings. The van der Waals surface area contributed by atoms with Gasteiger partial charge in [0.05, 0.1) is 4.99 Å². The predicted octanol–water partition coefficient (Wildman–Crippen LogP) is -0.380. The van der Waals surface area contributed by atoms with Crippen LogP contribution in [-0.2, 0) is 0 Å². The van der Waals surface area contributed by atoms with Crippen LogP contribution >= 0.6 is 12.2 Å². The van der Waals surface area contributed by atoms with Crippen molar-refractivity contribution in [1.82, 2.24) is 15.1 Å². The summed E-state index contributed by atoms with van der Waals surface area (Å²) in [5, 5.41) is 2.77. The van der Waals surface area contributed by atoms with Crippen LogP contribution in [0, 0.1) is 0 Å². The maximum absolute atomic E-state index is 11.2. The molecule has 1 saturated heterocycles. The van der Waals surface area contributed by atoms with Gasteiger partial charge in [-0.25, -0.2) is 4.79 Å². The number of hydrogen-bond donors (Lipinski definition) is 2. The van der Waals surface area contributed by atoms with Gasteiger partial charge in [0.2, 0.25) is 0 Å². The van der Waals surface area contributed by atoms with Crippen LogP contribution in [0.15, 0.2) is 0 Å². The summed E-state index contributed by atoms with van der Waals surface area (Å²) in [4.78, 5) is 15.7. The van der Waals surface area contributed by atoms with Gasteiger partial charge >= 0.3 is 6.03 Å². The van der Waals surface area contributed by atoms with Crippen LogP contribution in [0.1, 0.15) is 6.42 Å². The molecule has 0 radical (unpaired) electrons. The molecule has 3 N–H and O–H groups in total. The fourth-order valence-corrected chi connectivity index (χ4v) is 1.52. The van der Waals surface area contributed by atoms with E-state index in [0.717, 1.165) is 39.1 Å². The number of hydrogen-bond acceptors (Lipinski definition) is 3. The molecular formula is C9H18N4OS. The summed E-state index contributed by atoms with van der Waals surface area (Å²) in [6, 6.07) is 0.0396. The van der Waals surface area contributed by atoms with Crippen LogP contribution in [0.2, 0.25) is 0 Å². The van der Waals surface area contributed by atoms with Gasteiger partial charge in [-0.15, -0.1) is 0 Å². The molecule has 1 aliphatic heterocycles. The quantitative estimate of drug-likeness (QED) is 0.611. The highest BCUT2D eigenvalue weighted by Gasteiger charge is 2.18. The van der Waals surface area contributed by atoms with E-state index in [1.54, 1.807) is 0 Å². The van der Waals surface area contributed by atoms with Crippen molar-refractivity contribution in [2.75, 3.05) is 39.8 Å². The van der Waals surface area contributed by atoms with E-state index in [-0.39, 0.29) is 6.03 Å². The molecule has 6 heteroatoms. The van der Waals surface area contributed by atoms with Gasteiger partial charge in [0.1, 0.15) is 0 Å². The van der Waals surface area contributed by atoms with Gasteiger partial charge in [-0.2, -0.15) is 0 Å². The number of carbonyl (C=O) groups excluding carboxylic acids is 1. The fraction of sp³-hybridized carbons (Fsp3) is 0.778. The molecule has 86 valence electrons. The minimum atomic E-state index is 0.0396. The third-order valence-corrected chi connectivity index (χ3v) is 2.64. The maximum Gasteiger partial charge on any atom is 0.317 e. The average Bonchev–Trinajstić information content (AvgIpc) is 2.58. The summed E-state index contributed by atoms with van der Waals surface area (Å²) in [5.74, 6) is 0. The van der Waals surface area contributed by atoms with Crippen LogP contribution in [0.4, 0.5) is 4.79 Å². The SMILES string of the molecule is CN(CCC(N)=S)CCN1CCNC1=O. The van der Waals surface area contributed by atoms with Crippen LogP contribution in [0.3, 0.4) is 0 Å². The van der Waals surface area contributed by atoms with Crippen molar-refractivity contribution in [1.29, 1.82) is 0 Å². The molecule has 0 atom stereocenters. The van der Waals surface area contributed by atoms with Crippen LogP contribution in [0.25, 0.3) is 0 Å². The lowest BCUT2D eigenvalue weighted by Gasteiger charge is -2.20. The lowest BCUT2D eigenvalue weighted by molar-refractivity contribution is 0.209. The third kappa shape index (κ3) is 4.44. The van der Waals surface area contributed by atoms with Gasteiger partial charge in [-0.3, -0.25) is 0 Å². The Bertz CT molecular complexity index is 246. The third-order valence-electron chi connectivity index (χ3n) is 2.44. The Hall–Kier alpha value is -0.880. The van der Waals surface area contributed by atoms with Gasteiger partial charge in [0.15, 0.2) is 0 Å². The van der Waals surface area contributed by atoms with E-state index in [1.807, 2.05) is 11.9 Å². The van der Waals surface area contributed by atoms with E-state index in [2.05, 4.69) is 10.2 Å². The Kier molecular flexibility index (Phi) is 4.77. The molecule has 1 rings (SSSR count). The van der Waals surface area contributed by atoms with Crippen molar-refractivity contribution >= 4 is 23.2 Å². The molecule has 5 nitrogen and oxygen atoms in total. The minimum Gasteiger partial charge on any atom is -0.393 e. The lowest BCUT2D eigenvalue weighted by Crippen LogP contribution is -2.36.